The van der Waals surface area contributed by atoms with Gasteiger partial charge in [0, 0.05) is 30.8 Å². The molecule has 7 rings (SSSR count). The first-order chi connectivity index (χ1) is 26.6. The number of carbonyl (C=O) groups excluding carboxylic acids is 2. The van der Waals surface area contributed by atoms with Gasteiger partial charge in [-0.1, -0.05) is 78.5 Å². The van der Waals surface area contributed by atoms with Crippen LogP contribution in [0.5, 0.6) is 5.75 Å². The minimum atomic E-state index is -5.03. The molecule has 0 spiro atoms. The summed E-state index contributed by atoms with van der Waals surface area (Å²) in [6, 6.07) is 28.2. The summed E-state index contributed by atoms with van der Waals surface area (Å²) in [5, 5.41) is 34.7. The Hall–Kier alpha value is -5.29. The minimum Gasteiger partial charge on any atom is -0.508 e. The number of thioether (sulfide) groups is 1. The maximum atomic E-state index is 13.0. The van der Waals surface area contributed by atoms with Gasteiger partial charge in [-0.2, -0.15) is 17.9 Å². The number of phenolic OH excluding ortho intramolecular Hbond substituents is 1. The van der Waals surface area contributed by atoms with E-state index >= 15 is 0 Å². The van der Waals surface area contributed by atoms with E-state index in [4.69, 9.17) is 9.47 Å². The summed E-state index contributed by atoms with van der Waals surface area (Å²) in [5.74, 6) is -1.96. The number of nitrogens with one attached hydrogen (secondary N) is 1. The summed E-state index contributed by atoms with van der Waals surface area (Å²) in [5.41, 5.74) is 5.72. The van der Waals surface area contributed by atoms with Crippen molar-refractivity contribution in [2.45, 2.75) is 68.3 Å². The molecule has 12 nitrogen and oxygen atoms in total. The van der Waals surface area contributed by atoms with Gasteiger partial charge in [0.2, 0.25) is 11.1 Å². The first-order valence-electron chi connectivity index (χ1n) is 17.6. The van der Waals surface area contributed by atoms with Crippen molar-refractivity contribution in [3.05, 3.63) is 119 Å². The molecular weight excluding hydrogens is 738 g/mol. The molecule has 3 N–H and O–H groups in total. The molecule has 0 unspecified atom stereocenters. The van der Waals surface area contributed by atoms with Gasteiger partial charge in [-0.15, -0.1) is 5.10 Å². The molecule has 4 aromatic carbocycles. The van der Waals surface area contributed by atoms with Gasteiger partial charge in [0.15, 0.2) is 6.29 Å². The van der Waals surface area contributed by atoms with Crippen LogP contribution < -0.4 is 5.32 Å². The van der Waals surface area contributed by atoms with Gasteiger partial charge in [0.1, 0.15) is 11.8 Å². The molecule has 0 bridgehead atoms. The molecule has 16 heteroatoms. The van der Waals surface area contributed by atoms with Crippen molar-refractivity contribution < 1.29 is 42.4 Å². The number of phenols is 1. The maximum Gasteiger partial charge on any atom is 0.471 e. The molecule has 2 fully saturated rings. The summed E-state index contributed by atoms with van der Waals surface area (Å²) in [6.07, 6.45) is -5.25. The lowest BCUT2D eigenvalue weighted by atomic mass is 9.99. The Bertz CT molecular complexity index is 2100. The Morgan fingerprint density at radius 2 is 1.65 bits per heavy atom. The second-order valence-electron chi connectivity index (χ2n) is 13.2. The highest BCUT2D eigenvalue weighted by Gasteiger charge is 2.47. The fourth-order valence-electron chi connectivity index (χ4n) is 6.66. The Morgan fingerprint density at radius 3 is 2.38 bits per heavy atom. The second kappa shape index (κ2) is 16.6. The Morgan fingerprint density at radius 1 is 0.909 bits per heavy atom. The number of aromatic nitrogens is 4. The zero-order valence-corrected chi connectivity index (χ0v) is 30.1. The van der Waals surface area contributed by atoms with Crippen LogP contribution in [-0.2, 0) is 32.2 Å². The van der Waals surface area contributed by atoms with Gasteiger partial charge >= 0.3 is 12.1 Å². The van der Waals surface area contributed by atoms with Crippen molar-refractivity contribution in [1.82, 2.24) is 30.4 Å². The molecule has 1 aromatic heterocycles. The van der Waals surface area contributed by atoms with Crippen molar-refractivity contribution in [2.24, 2.45) is 0 Å². The summed E-state index contributed by atoms with van der Waals surface area (Å²) >= 11 is 1.44. The minimum absolute atomic E-state index is 0.0663. The molecule has 2 aliphatic heterocycles. The second-order valence-corrected chi connectivity index (χ2v) is 14.2. The van der Waals surface area contributed by atoms with Crippen molar-refractivity contribution in [2.75, 3.05) is 12.3 Å². The maximum absolute atomic E-state index is 13.0. The van der Waals surface area contributed by atoms with Crippen molar-refractivity contribution in [3.63, 3.8) is 0 Å². The lowest BCUT2D eigenvalue weighted by Crippen LogP contribution is -2.50. The molecule has 0 radical (unpaired) electrons. The van der Waals surface area contributed by atoms with Crippen LogP contribution in [0.15, 0.2) is 102 Å². The number of alkyl halides is 3. The topological polar surface area (TPSA) is 152 Å². The van der Waals surface area contributed by atoms with Gasteiger partial charge in [-0.3, -0.25) is 9.59 Å². The number of rotatable bonds is 11. The van der Waals surface area contributed by atoms with E-state index in [0.29, 0.717) is 34.3 Å². The van der Waals surface area contributed by atoms with E-state index in [1.807, 2.05) is 72.8 Å². The monoisotopic (exact) mass is 774 g/mol. The third kappa shape index (κ3) is 8.99. The standard InChI is InChI=1S/C39H37F3N6O6S/c40-39(41,42)37(52)47-18-2-5-33(47)35(51)43-21-25-3-1-4-29(19-25)26-10-12-28(13-11-26)36-53-32(20-34(54-36)27-8-6-24(22-49)7-9-27)23-55-38-44-45-46-48(38)30-14-16-31(50)17-15-30/h1,3-4,6-17,19,32-34,36,49-50H,2,5,18,20-23H2,(H,43,51)/t32-,33-,34+,36+/m0/s1. The highest BCUT2D eigenvalue weighted by molar-refractivity contribution is 7.99. The number of aliphatic hydroxyl groups is 1. The van der Waals surface area contributed by atoms with E-state index in [1.165, 1.54) is 11.8 Å². The normalized spacial score (nSPS) is 20.0. The smallest absolute Gasteiger partial charge is 0.471 e. The van der Waals surface area contributed by atoms with Crippen LogP contribution in [-0.4, -0.2) is 77.8 Å². The van der Waals surface area contributed by atoms with Crippen LogP contribution in [0.1, 0.15) is 53.9 Å². The molecular formula is C39H37F3N6O6S. The number of likely N-dealkylation sites (tertiary alicyclic amines) is 1. The number of aromatic hydroxyl groups is 1. The number of tetrazole rings is 1. The number of carbonyl (C=O) groups is 2. The number of aliphatic hydroxyl groups excluding tert-OH is 1. The molecule has 3 heterocycles. The van der Waals surface area contributed by atoms with E-state index in [9.17, 15) is 33.0 Å². The molecule has 5 aromatic rings. The van der Waals surface area contributed by atoms with Gasteiger partial charge < -0.3 is 29.9 Å². The molecule has 2 amide bonds. The fraction of sp³-hybridized carbons (Fsp3) is 0.308. The zero-order valence-electron chi connectivity index (χ0n) is 29.3. The van der Waals surface area contributed by atoms with E-state index in [0.717, 1.165) is 33.4 Å². The summed E-state index contributed by atoms with van der Waals surface area (Å²) in [6.45, 7) is -0.0931. The number of hydrogen-bond donors (Lipinski definition) is 3. The molecule has 2 saturated heterocycles. The van der Waals surface area contributed by atoms with Crippen molar-refractivity contribution >= 4 is 23.6 Å². The van der Waals surface area contributed by atoms with Crippen molar-refractivity contribution in [3.8, 4) is 22.6 Å². The van der Waals surface area contributed by atoms with Crippen LogP contribution in [0, 0.1) is 0 Å². The van der Waals surface area contributed by atoms with E-state index in [-0.39, 0.29) is 44.1 Å². The third-order valence-electron chi connectivity index (χ3n) is 9.52. The SMILES string of the molecule is O=C(NCc1cccc(-c2ccc([C@@H]3O[C@H](CSc4nnnn4-c4ccc(O)cc4)C[C@H](c4ccc(CO)cc4)O3)cc2)c1)[C@@H]1CCCN1C(=O)C(F)(F)F. The number of nitrogens with zero attached hydrogens (tertiary/aromatic N) is 5. The number of halogens is 3. The van der Waals surface area contributed by atoms with Gasteiger partial charge in [-0.25, -0.2) is 0 Å². The van der Waals surface area contributed by atoms with Crippen LogP contribution in [0.2, 0.25) is 0 Å². The fourth-order valence-corrected chi connectivity index (χ4v) is 7.57. The highest BCUT2D eigenvalue weighted by Crippen LogP contribution is 2.40. The Kier molecular flexibility index (Phi) is 11.5. The first kappa shape index (κ1) is 38.0. The molecule has 2 aliphatic rings. The summed E-state index contributed by atoms with van der Waals surface area (Å²) in [4.78, 5) is 25.3. The molecule has 55 heavy (non-hydrogen) atoms. The van der Waals surface area contributed by atoms with E-state index < -0.39 is 30.3 Å². The lowest BCUT2D eigenvalue weighted by Gasteiger charge is -2.36. The Balaban J connectivity index is 1.03. The van der Waals surface area contributed by atoms with Gasteiger partial charge in [0.05, 0.1) is 24.5 Å². The van der Waals surface area contributed by atoms with Gasteiger partial charge in [0.25, 0.3) is 0 Å². The molecule has 4 atom stereocenters. The molecule has 286 valence electrons. The predicted molar refractivity (Wildman–Crippen MR) is 194 cm³/mol. The summed E-state index contributed by atoms with van der Waals surface area (Å²) in [7, 11) is 0. The predicted octanol–water partition coefficient (Wildman–Crippen LogP) is 6.03. The Labute approximate surface area is 318 Å². The first-order valence-corrected chi connectivity index (χ1v) is 18.6. The van der Waals surface area contributed by atoms with Crippen LogP contribution in [0.25, 0.3) is 16.8 Å². The zero-order chi connectivity index (χ0) is 38.5. The van der Waals surface area contributed by atoms with Crippen LogP contribution in [0.4, 0.5) is 13.2 Å². The van der Waals surface area contributed by atoms with E-state index in [2.05, 4.69) is 20.8 Å². The largest absolute Gasteiger partial charge is 0.508 e. The van der Waals surface area contributed by atoms with Crippen LogP contribution in [0.3, 0.4) is 0 Å². The average Bonchev–Trinajstić information content (AvgIpc) is 3.90. The number of hydrogen-bond acceptors (Lipinski definition) is 10. The van der Waals surface area contributed by atoms with Crippen LogP contribution >= 0.6 is 11.8 Å². The number of ether oxygens (including phenoxy) is 2. The molecule has 0 saturated carbocycles. The average molecular weight is 775 g/mol. The van der Waals surface area contributed by atoms with Gasteiger partial charge in [-0.05, 0) is 81.4 Å². The number of amides is 2. The van der Waals surface area contributed by atoms with Crippen molar-refractivity contribution in [1.29, 1.82) is 0 Å². The quantitative estimate of drug-likeness (QED) is 0.136. The number of benzene rings is 4. The van der Waals surface area contributed by atoms with E-state index in [1.54, 1.807) is 28.9 Å². The summed E-state index contributed by atoms with van der Waals surface area (Å²) < 4.78 is 53.8. The lowest BCUT2D eigenvalue weighted by molar-refractivity contribution is -0.245. The highest BCUT2D eigenvalue weighted by atomic mass is 32.2. The molecule has 0 aliphatic carbocycles. The third-order valence-corrected chi connectivity index (χ3v) is 10.6.